The molecule has 1 aromatic rings. The molecule has 1 saturated heterocycles. The molecule has 98 valence electrons. The fourth-order valence-corrected chi connectivity index (χ4v) is 2.15. The summed E-state index contributed by atoms with van der Waals surface area (Å²) < 4.78 is 5.75. The molecular weight excluding hydrogens is 230 g/mol. The molecule has 18 heavy (non-hydrogen) atoms. The van der Waals surface area contributed by atoms with Crippen molar-refractivity contribution < 1.29 is 14.6 Å². The first-order valence-corrected chi connectivity index (χ1v) is 6.19. The molecule has 1 aliphatic rings. The Bertz CT molecular complexity index is 456. The average Bonchev–Trinajstić information content (AvgIpc) is 2.63. The van der Waals surface area contributed by atoms with Crippen LogP contribution in [-0.4, -0.2) is 35.6 Å². The van der Waals surface area contributed by atoms with E-state index < -0.39 is 12.2 Å². The van der Waals surface area contributed by atoms with Crippen molar-refractivity contribution in [3.63, 3.8) is 0 Å². The third kappa shape index (κ3) is 2.48. The minimum absolute atomic E-state index is 0.00659. The van der Waals surface area contributed by atoms with Crippen LogP contribution < -0.4 is 4.74 Å². The van der Waals surface area contributed by atoms with Crippen LogP contribution in [0.4, 0.5) is 0 Å². The Morgan fingerprint density at radius 2 is 2.22 bits per heavy atom. The molecule has 4 heteroatoms. The summed E-state index contributed by atoms with van der Waals surface area (Å²) in [7, 11) is 1.77. The Morgan fingerprint density at radius 3 is 2.78 bits per heavy atom. The minimum Gasteiger partial charge on any atom is -0.480 e. The van der Waals surface area contributed by atoms with Gasteiger partial charge in [-0.25, -0.2) is 0 Å². The fourth-order valence-electron chi connectivity index (χ4n) is 2.15. The molecule has 1 aromatic carbocycles. The topological polar surface area (TPSA) is 49.8 Å². The number of likely N-dealkylation sites (N-methyl/N-ethyl adjacent to an activating group) is 1. The van der Waals surface area contributed by atoms with Crippen LogP contribution in [0.1, 0.15) is 30.6 Å². The number of nitrogens with zero attached hydrogens (tertiary/aromatic N) is 1. The number of carbonyl (C=O) groups excluding carboxylic acids is 1. The lowest BCUT2D eigenvalue weighted by atomic mass is 10.1. The van der Waals surface area contributed by atoms with Crippen molar-refractivity contribution in [2.24, 2.45) is 0 Å². The predicted octanol–water partition coefficient (Wildman–Crippen LogP) is 1.66. The second-order valence-electron chi connectivity index (χ2n) is 4.87. The van der Waals surface area contributed by atoms with E-state index in [-0.39, 0.29) is 5.91 Å². The van der Waals surface area contributed by atoms with Gasteiger partial charge in [0.15, 0.2) is 6.10 Å². The molecule has 0 bridgehead atoms. The molecule has 4 nitrogen and oxygen atoms in total. The van der Waals surface area contributed by atoms with Gasteiger partial charge in [-0.05, 0) is 26.0 Å². The van der Waals surface area contributed by atoms with Gasteiger partial charge in [0.1, 0.15) is 5.75 Å². The maximum atomic E-state index is 11.8. The minimum atomic E-state index is -0.603. The summed E-state index contributed by atoms with van der Waals surface area (Å²) in [6, 6.07) is 5.64. The van der Waals surface area contributed by atoms with E-state index in [1.165, 1.54) is 0 Å². The lowest BCUT2D eigenvalue weighted by molar-refractivity contribution is -0.132. The van der Waals surface area contributed by atoms with E-state index in [2.05, 4.69) is 0 Å². The number of aryl methyl sites for hydroxylation is 1. The van der Waals surface area contributed by atoms with Gasteiger partial charge in [-0.1, -0.05) is 11.6 Å². The summed E-state index contributed by atoms with van der Waals surface area (Å²) in [5.74, 6) is 0.608. The van der Waals surface area contributed by atoms with E-state index in [0.29, 0.717) is 12.2 Å². The first kappa shape index (κ1) is 12.9. The number of carbonyl (C=O) groups is 1. The van der Waals surface area contributed by atoms with Crippen molar-refractivity contribution >= 4 is 5.91 Å². The molecule has 1 fully saturated rings. The highest BCUT2D eigenvalue weighted by Crippen LogP contribution is 2.28. The van der Waals surface area contributed by atoms with Crippen LogP contribution in [0.2, 0.25) is 0 Å². The van der Waals surface area contributed by atoms with Crippen LogP contribution in [0.25, 0.3) is 0 Å². The summed E-state index contributed by atoms with van der Waals surface area (Å²) in [4.78, 5) is 13.5. The van der Waals surface area contributed by atoms with Crippen LogP contribution in [0.15, 0.2) is 18.2 Å². The number of benzene rings is 1. The maximum absolute atomic E-state index is 11.8. The van der Waals surface area contributed by atoms with Gasteiger partial charge in [0, 0.05) is 25.6 Å². The third-order valence-corrected chi connectivity index (χ3v) is 3.26. The first-order chi connectivity index (χ1) is 8.49. The summed E-state index contributed by atoms with van der Waals surface area (Å²) in [5.41, 5.74) is 1.80. The Labute approximate surface area is 107 Å². The van der Waals surface area contributed by atoms with E-state index in [0.717, 1.165) is 17.7 Å². The van der Waals surface area contributed by atoms with Gasteiger partial charge < -0.3 is 14.7 Å². The number of ether oxygens (including phenoxy) is 1. The average molecular weight is 249 g/mol. The van der Waals surface area contributed by atoms with Gasteiger partial charge >= 0.3 is 0 Å². The van der Waals surface area contributed by atoms with E-state index >= 15 is 0 Å². The highest BCUT2D eigenvalue weighted by Gasteiger charge is 2.31. The van der Waals surface area contributed by atoms with Crippen LogP contribution in [0, 0.1) is 6.92 Å². The molecule has 1 heterocycles. The van der Waals surface area contributed by atoms with Crippen molar-refractivity contribution in [3.05, 3.63) is 29.3 Å². The molecule has 0 aromatic heterocycles. The number of aliphatic hydroxyl groups excluding tert-OH is 1. The first-order valence-electron chi connectivity index (χ1n) is 6.19. The molecule has 2 rings (SSSR count). The molecule has 0 saturated carbocycles. The largest absolute Gasteiger partial charge is 0.480 e. The number of aliphatic hydroxyl groups is 1. The lowest BCUT2D eigenvalue weighted by Gasteiger charge is -2.17. The highest BCUT2D eigenvalue weighted by atomic mass is 16.5. The van der Waals surface area contributed by atoms with E-state index in [4.69, 9.17) is 4.74 Å². The van der Waals surface area contributed by atoms with Crippen LogP contribution in [0.3, 0.4) is 0 Å². The van der Waals surface area contributed by atoms with Crippen molar-refractivity contribution in [1.82, 2.24) is 4.90 Å². The van der Waals surface area contributed by atoms with Crippen molar-refractivity contribution in [3.8, 4) is 5.75 Å². The number of amides is 1. The zero-order chi connectivity index (χ0) is 13.3. The van der Waals surface area contributed by atoms with Gasteiger partial charge in [-0.15, -0.1) is 0 Å². The smallest absolute Gasteiger partial charge is 0.263 e. The van der Waals surface area contributed by atoms with Crippen molar-refractivity contribution in [1.29, 1.82) is 0 Å². The Balaban J connectivity index is 2.21. The van der Waals surface area contributed by atoms with Crippen molar-refractivity contribution in [2.75, 3.05) is 13.6 Å². The normalized spacial score (nSPS) is 21.2. The molecule has 1 aliphatic heterocycles. The van der Waals surface area contributed by atoms with E-state index in [9.17, 15) is 9.90 Å². The Morgan fingerprint density at radius 1 is 1.50 bits per heavy atom. The number of rotatable bonds is 3. The van der Waals surface area contributed by atoms with Gasteiger partial charge in [0.2, 0.25) is 0 Å². The Hall–Kier alpha value is -1.55. The molecular formula is C14H19NO3. The maximum Gasteiger partial charge on any atom is 0.263 e. The summed E-state index contributed by atoms with van der Waals surface area (Å²) in [6.07, 6.45) is -0.327. The number of hydrogen-bond acceptors (Lipinski definition) is 3. The molecule has 1 amide bonds. The second kappa shape index (κ2) is 4.98. The standard InChI is InChI=1S/C14H19NO3/c1-9-4-5-12(11(8-9)10(2)16)18-13-6-7-15(3)14(13)17/h4-5,8,10,13,16H,6-7H2,1-3H3/t10-,13?/m0/s1. The predicted molar refractivity (Wildman–Crippen MR) is 68.5 cm³/mol. The molecule has 1 unspecified atom stereocenters. The highest BCUT2D eigenvalue weighted by molar-refractivity contribution is 5.83. The number of likely N-dealkylation sites (tertiary alicyclic amines) is 1. The third-order valence-electron chi connectivity index (χ3n) is 3.26. The lowest BCUT2D eigenvalue weighted by Crippen LogP contribution is -2.29. The number of hydrogen-bond donors (Lipinski definition) is 1. The summed E-state index contributed by atoms with van der Waals surface area (Å²) in [5, 5.41) is 9.75. The quantitative estimate of drug-likeness (QED) is 0.886. The second-order valence-corrected chi connectivity index (χ2v) is 4.87. The van der Waals surface area contributed by atoms with Gasteiger partial charge in [0.05, 0.1) is 6.10 Å². The van der Waals surface area contributed by atoms with Crippen LogP contribution in [-0.2, 0) is 4.79 Å². The molecule has 1 N–H and O–H groups in total. The molecule has 0 aliphatic carbocycles. The van der Waals surface area contributed by atoms with Crippen LogP contribution in [0.5, 0.6) is 5.75 Å². The van der Waals surface area contributed by atoms with Gasteiger partial charge in [-0.3, -0.25) is 4.79 Å². The van der Waals surface area contributed by atoms with Gasteiger partial charge in [-0.2, -0.15) is 0 Å². The zero-order valence-electron chi connectivity index (χ0n) is 11.0. The SMILES string of the molecule is Cc1ccc(OC2CCN(C)C2=O)c([C@H](C)O)c1. The molecule has 2 atom stereocenters. The Kier molecular flexibility index (Phi) is 3.57. The van der Waals surface area contributed by atoms with Crippen molar-refractivity contribution in [2.45, 2.75) is 32.5 Å². The van der Waals surface area contributed by atoms with E-state index in [1.54, 1.807) is 18.9 Å². The molecule has 0 radical (unpaired) electrons. The fraction of sp³-hybridized carbons (Fsp3) is 0.500. The van der Waals surface area contributed by atoms with E-state index in [1.807, 2.05) is 25.1 Å². The van der Waals surface area contributed by atoms with Gasteiger partial charge in [0.25, 0.3) is 5.91 Å². The summed E-state index contributed by atoms with van der Waals surface area (Å²) >= 11 is 0. The monoisotopic (exact) mass is 249 g/mol. The van der Waals surface area contributed by atoms with Crippen LogP contribution >= 0.6 is 0 Å². The summed E-state index contributed by atoms with van der Waals surface area (Å²) in [6.45, 7) is 4.38. The zero-order valence-corrected chi connectivity index (χ0v) is 11.0. The molecule has 0 spiro atoms.